The van der Waals surface area contributed by atoms with Crippen molar-refractivity contribution >= 4 is 23.1 Å². The molecule has 0 spiro atoms. The number of amides is 2. The minimum absolute atomic E-state index is 0.0548. The van der Waals surface area contributed by atoms with Gasteiger partial charge in [-0.1, -0.05) is 12.1 Å². The summed E-state index contributed by atoms with van der Waals surface area (Å²) in [6, 6.07) is 9.79. The van der Waals surface area contributed by atoms with E-state index in [-0.39, 0.29) is 6.03 Å². The largest absolute Gasteiger partial charge is 0.324 e. The molecule has 2 aromatic heterocycles. The first-order valence-electron chi connectivity index (χ1n) is 8.77. The molecule has 0 aliphatic carbocycles. The van der Waals surface area contributed by atoms with Gasteiger partial charge < -0.3 is 10.2 Å². The summed E-state index contributed by atoms with van der Waals surface area (Å²) in [5.74, 6) is 0.321. The smallest absolute Gasteiger partial charge is 0.321 e. The molecule has 3 heterocycles. The standard InChI is InChI=1S/C19H21N5OS/c1-13-21-18(12-26-13)14-4-2-6-16(10-14)22-19(25)24-9-3-5-15(11-24)17-7-8-20-23-17/h2,4,6-8,10,12,15H,3,5,9,11H2,1H3,(H,20,23)(H,22,25)/t15-/m0/s1. The Bertz CT molecular complexity index is 889. The molecule has 0 unspecified atom stereocenters. The molecule has 0 radical (unpaired) electrons. The van der Waals surface area contributed by atoms with E-state index in [1.54, 1.807) is 17.5 Å². The van der Waals surface area contributed by atoms with E-state index in [1.807, 2.05) is 47.5 Å². The van der Waals surface area contributed by atoms with Crippen LogP contribution in [-0.4, -0.2) is 39.2 Å². The third kappa shape index (κ3) is 3.62. The Labute approximate surface area is 156 Å². The lowest BCUT2D eigenvalue weighted by Gasteiger charge is -2.32. The van der Waals surface area contributed by atoms with Crippen molar-refractivity contribution in [2.75, 3.05) is 18.4 Å². The quantitative estimate of drug-likeness (QED) is 0.727. The summed E-state index contributed by atoms with van der Waals surface area (Å²) in [6.07, 6.45) is 3.83. The van der Waals surface area contributed by atoms with Crippen LogP contribution in [0, 0.1) is 6.92 Å². The van der Waals surface area contributed by atoms with Gasteiger partial charge in [0.1, 0.15) is 0 Å². The van der Waals surface area contributed by atoms with Crippen LogP contribution in [0.25, 0.3) is 11.3 Å². The van der Waals surface area contributed by atoms with Crippen LogP contribution < -0.4 is 5.32 Å². The number of H-pyrrole nitrogens is 1. The fourth-order valence-corrected chi connectivity index (χ4v) is 3.99. The number of anilines is 1. The van der Waals surface area contributed by atoms with Crippen LogP contribution in [-0.2, 0) is 0 Å². The van der Waals surface area contributed by atoms with Gasteiger partial charge in [0.15, 0.2) is 0 Å². The van der Waals surface area contributed by atoms with Gasteiger partial charge >= 0.3 is 6.03 Å². The van der Waals surface area contributed by atoms with Crippen molar-refractivity contribution < 1.29 is 4.79 Å². The lowest BCUT2D eigenvalue weighted by atomic mass is 9.95. The summed E-state index contributed by atoms with van der Waals surface area (Å²) in [4.78, 5) is 19.1. The summed E-state index contributed by atoms with van der Waals surface area (Å²) in [7, 11) is 0. The SMILES string of the molecule is Cc1nc(-c2cccc(NC(=O)N3CCC[C@H](c4ccn[nH]4)C3)c2)cs1. The number of hydrogen-bond donors (Lipinski definition) is 2. The predicted molar refractivity (Wildman–Crippen MR) is 103 cm³/mol. The highest BCUT2D eigenvalue weighted by Crippen LogP contribution is 2.27. The maximum Gasteiger partial charge on any atom is 0.321 e. The zero-order valence-corrected chi connectivity index (χ0v) is 15.4. The molecule has 1 saturated heterocycles. The molecule has 2 N–H and O–H groups in total. The molecule has 3 aromatic rings. The van der Waals surface area contributed by atoms with Crippen molar-refractivity contribution in [1.82, 2.24) is 20.1 Å². The zero-order valence-electron chi connectivity index (χ0n) is 14.6. The van der Waals surface area contributed by atoms with Gasteiger partial charge in [0, 0.05) is 47.5 Å². The number of aryl methyl sites for hydroxylation is 1. The molecular weight excluding hydrogens is 346 g/mol. The summed E-state index contributed by atoms with van der Waals surface area (Å²) in [5.41, 5.74) is 3.85. The summed E-state index contributed by atoms with van der Waals surface area (Å²) in [6.45, 7) is 3.48. The molecule has 6 nitrogen and oxygen atoms in total. The van der Waals surface area contributed by atoms with Crippen molar-refractivity contribution in [3.8, 4) is 11.3 Å². The van der Waals surface area contributed by atoms with Crippen LogP contribution in [0.5, 0.6) is 0 Å². The van der Waals surface area contributed by atoms with E-state index < -0.39 is 0 Å². The number of nitrogens with one attached hydrogen (secondary N) is 2. The molecule has 1 aliphatic rings. The van der Waals surface area contributed by atoms with Gasteiger partial charge in [-0.3, -0.25) is 5.10 Å². The van der Waals surface area contributed by atoms with E-state index in [2.05, 4.69) is 20.5 Å². The number of hydrogen-bond acceptors (Lipinski definition) is 4. The lowest BCUT2D eigenvalue weighted by Crippen LogP contribution is -2.41. The van der Waals surface area contributed by atoms with Gasteiger partial charge in [-0.25, -0.2) is 9.78 Å². The molecule has 2 amide bonds. The third-order valence-electron chi connectivity index (χ3n) is 4.70. The number of nitrogens with zero attached hydrogens (tertiary/aromatic N) is 3. The van der Waals surface area contributed by atoms with E-state index in [9.17, 15) is 4.79 Å². The summed E-state index contributed by atoms with van der Waals surface area (Å²) in [5, 5.41) is 13.2. The summed E-state index contributed by atoms with van der Waals surface area (Å²) >= 11 is 1.63. The Kier molecular flexibility index (Phi) is 4.71. The van der Waals surface area contributed by atoms with Crippen LogP contribution in [0.1, 0.15) is 29.5 Å². The molecule has 0 saturated carbocycles. The fourth-order valence-electron chi connectivity index (χ4n) is 3.36. The van der Waals surface area contributed by atoms with Gasteiger partial charge in [0.05, 0.1) is 10.7 Å². The van der Waals surface area contributed by atoms with Crippen LogP contribution in [0.4, 0.5) is 10.5 Å². The number of piperidine rings is 1. The number of aromatic nitrogens is 3. The van der Waals surface area contributed by atoms with Gasteiger partial charge in [0.25, 0.3) is 0 Å². The van der Waals surface area contributed by atoms with E-state index in [1.165, 1.54) is 0 Å². The highest BCUT2D eigenvalue weighted by atomic mass is 32.1. The van der Waals surface area contributed by atoms with Crippen LogP contribution >= 0.6 is 11.3 Å². The minimum Gasteiger partial charge on any atom is -0.324 e. The number of benzene rings is 1. The molecule has 1 aromatic carbocycles. The van der Waals surface area contributed by atoms with E-state index in [0.717, 1.165) is 47.0 Å². The first kappa shape index (κ1) is 16.8. The molecule has 4 rings (SSSR count). The average Bonchev–Trinajstić information content (AvgIpc) is 3.34. The number of carbonyl (C=O) groups excluding carboxylic acids is 1. The van der Waals surface area contributed by atoms with Crippen molar-refractivity contribution in [1.29, 1.82) is 0 Å². The van der Waals surface area contributed by atoms with Crippen molar-refractivity contribution in [3.05, 3.63) is 52.6 Å². The van der Waals surface area contributed by atoms with Gasteiger partial charge in [-0.2, -0.15) is 5.10 Å². The number of carbonyl (C=O) groups is 1. The topological polar surface area (TPSA) is 73.9 Å². The van der Waals surface area contributed by atoms with Gasteiger partial charge in [0.2, 0.25) is 0 Å². The fraction of sp³-hybridized carbons (Fsp3) is 0.316. The Balaban J connectivity index is 1.44. The summed E-state index contributed by atoms with van der Waals surface area (Å²) < 4.78 is 0. The Hall–Kier alpha value is -2.67. The number of aromatic amines is 1. The molecule has 134 valence electrons. The van der Waals surface area contributed by atoms with Gasteiger partial charge in [-0.15, -0.1) is 11.3 Å². The normalized spacial score (nSPS) is 17.3. The van der Waals surface area contributed by atoms with Gasteiger partial charge in [-0.05, 0) is 38.0 Å². The molecule has 7 heteroatoms. The van der Waals surface area contributed by atoms with Crippen LogP contribution in [0.3, 0.4) is 0 Å². The highest BCUT2D eigenvalue weighted by molar-refractivity contribution is 7.09. The van der Waals surface area contributed by atoms with Crippen LogP contribution in [0.15, 0.2) is 41.9 Å². The molecule has 0 bridgehead atoms. The predicted octanol–water partition coefficient (Wildman–Crippen LogP) is 4.25. The maximum absolute atomic E-state index is 12.7. The first-order valence-corrected chi connectivity index (χ1v) is 9.65. The molecule has 1 fully saturated rings. The minimum atomic E-state index is -0.0548. The number of rotatable bonds is 3. The second kappa shape index (κ2) is 7.29. The average molecular weight is 367 g/mol. The van der Waals surface area contributed by atoms with Crippen molar-refractivity contribution in [3.63, 3.8) is 0 Å². The Morgan fingerprint density at radius 2 is 2.31 bits per heavy atom. The van der Waals surface area contributed by atoms with Crippen molar-refractivity contribution in [2.45, 2.75) is 25.7 Å². The zero-order chi connectivity index (χ0) is 17.9. The molecule has 26 heavy (non-hydrogen) atoms. The third-order valence-corrected chi connectivity index (χ3v) is 5.47. The number of thiazole rings is 1. The Morgan fingerprint density at radius 1 is 1.38 bits per heavy atom. The second-order valence-electron chi connectivity index (χ2n) is 6.56. The molecule has 1 aliphatic heterocycles. The van der Waals surface area contributed by atoms with Crippen molar-refractivity contribution in [2.24, 2.45) is 0 Å². The second-order valence-corrected chi connectivity index (χ2v) is 7.62. The molecular formula is C19H21N5OS. The lowest BCUT2D eigenvalue weighted by molar-refractivity contribution is 0.192. The highest BCUT2D eigenvalue weighted by Gasteiger charge is 2.25. The van der Waals surface area contributed by atoms with E-state index in [4.69, 9.17) is 0 Å². The van der Waals surface area contributed by atoms with E-state index in [0.29, 0.717) is 12.5 Å². The Morgan fingerprint density at radius 3 is 3.08 bits per heavy atom. The maximum atomic E-state index is 12.7. The number of likely N-dealkylation sites (tertiary alicyclic amines) is 1. The van der Waals surface area contributed by atoms with E-state index >= 15 is 0 Å². The number of urea groups is 1. The first-order chi connectivity index (χ1) is 12.7. The molecule has 1 atom stereocenters. The monoisotopic (exact) mass is 367 g/mol. The van der Waals surface area contributed by atoms with Crippen LogP contribution in [0.2, 0.25) is 0 Å².